The van der Waals surface area contributed by atoms with E-state index >= 15 is 0 Å². The molecule has 3 aliphatic rings. The van der Waals surface area contributed by atoms with Crippen molar-refractivity contribution in [3.63, 3.8) is 0 Å². The van der Waals surface area contributed by atoms with Crippen LogP contribution in [0.5, 0.6) is 0 Å². The van der Waals surface area contributed by atoms with Gasteiger partial charge in [-0.2, -0.15) is 18.2 Å². The molecule has 0 aromatic heterocycles. The van der Waals surface area contributed by atoms with Crippen LogP contribution in [0.25, 0.3) is 0 Å². The summed E-state index contributed by atoms with van der Waals surface area (Å²) in [5, 5.41) is 0.111. The highest BCUT2D eigenvalue weighted by Crippen LogP contribution is 2.42. The molecule has 2 saturated heterocycles. The fraction of sp³-hybridized carbons (Fsp3) is 0.500. The summed E-state index contributed by atoms with van der Waals surface area (Å²) < 4.78 is 62.3. The molecular weight excluding hydrogens is 389 g/mol. The van der Waals surface area contributed by atoms with Crippen LogP contribution in [0.2, 0.25) is 0 Å². The van der Waals surface area contributed by atoms with Crippen molar-refractivity contribution in [1.82, 2.24) is 0 Å². The van der Waals surface area contributed by atoms with E-state index in [1.807, 2.05) is 0 Å². The molecule has 1 amide bonds. The quantitative estimate of drug-likeness (QED) is 0.758. The lowest BCUT2D eigenvalue weighted by molar-refractivity contribution is -0.137. The number of amidine groups is 1. The molecule has 140 valence electrons. The molecule has 0 unspecified atom stereocenters. The summed E-state index contributed by atoms with van der Waals surface area (Å²) in [6.07, 6.45) is -2.86. The van der Waals surface area contributed by atoms with Crippen LogP contribution in [0.15, 0.2) is 29.3 Å². The molecular formula is C16H15F3N2O3S2. The molecule has 3 fully saturated rings. The lowest BCUT2D eigenvalue weighted by Gasteiger charge is -2.24. The molecule has 1 saturated carbocycles. The fourth-order valence-electron chi connectivity index (χ4n) is 3.19. The number of rotatable bonds is 2. The van der Waals surface area contributed by atoms with Gasteiger partial charge in [-0.1, -0.05) is 11.8 Å². The van der Waals surface area contributed by atoms with E-state index in [9.17, 15) is 26.4 Å². The minimum Gasteiger partial charge on any atom is -0.316 e. The lowest BCUT2D eigenvalue weighted by Crippen LogP contribution is -2.37. The van der Waals surface area contributed by atoms with Crippen molar-refractivity contribution in [3.05, 3.63) is 29.8 Å². The molecule has 0 N–H and O–H groups in total. The molecule has 2 atom stereocenters. The first-order chi connectivity index (χ1) is 12.1. The number of carbonyl (C=O) groups excluding carboxylic acids is 1. The van der Waals surface area contributed by atoms with E-state index in [4.69, 9.17) is 0 Å². The minimum absolute atomic E-state index is 0.0178. The van der Waals surface area contributed by atoms with Crippen LogP contribution in [-0.4, -0.2) is 42.3 Å². The maximum Gasteiger partial charge on any atom is 0.416 e. The molecule has 2 heterocycles. The van der Waals surface area contributed by atoms with Gasteiger partial charge in [0.15, 0.2) is 15.0 Å². The molecule has 26 heavy (non-hydrogen) atoms. The number of fused-ring (bicyclic) bond motifs is 1. The van der Waals surface area contributed by atoms with Gasteiger partial charge >= 0.3 is 6.18 Å². The molecule has 2 aliphatic heterocycles. The first-order valence-electron chi connectivity index (χ1n) is 8.10. The van der Waals surface area contributed by atoms with Gasteiger partial charge in [-0.15, -0.1) is 0 Å². The second-order valence-corrected chi connectivity index (χ2v) is 10.1. The van der Waals surface area contributed by atoms with Gasteiger partial charge in [0.2, 0.25) is 0 Å². The highest BCUT2D eigenvalue weighted by molar-refractivity contribution is 8.16. The van der Waals surface area contributed by atoms with Gasteiger partial charge < -0.3 is 4.90 Å². The van der Waals surface area contributed by atoms with E-state index in [2.05, 4.69) is 4.99 Å². The average Bonchev–Trinajstić information content (AvgIpc) is 3.27. The Bertz CT molecular complexity index is 877. The third-order valence-electron chi connectivity index (χ3n) is 4.67. The van der Waals surface area contributed by atoms with Gasteiger partial charge in [0.25, 0.3) is 5.91 Å². The van der Waals surface area contributed by atoms with Crippen LogP contribution in [0.3, 0.4) is 0 Å². The van der Waals surface area contributed by atoms with E-state index in [1.165, 1.54) is 23.9 Å². The molecule has 4 rings (SSSR count). The molecule has 1 aromatic carbocycles. The second-order valence-electron chi connectivity index (χ2n) is 6.72. The summed E-state index contributed by atoms with van der Waals surface area (Å²) in [5.41, 5.74) is -0.367. The summed E-state index contributed by atoms with van der Waals surface area (Å²) in [6, 6.07) is 4.09. The van der Waals surface area contributed by atoms with Crippen molar-refractivity contribution in [2.75, 3.05) is 16.4 Å². The number of anilines is 1. The van der Waals surface area contributed by atoms with E-state index in [0.717, 1.165) is 25.0 Å². The van der Waals surface area contributed by atoms with E-state index < -0.39 is 27.6 Å². The monoisotopic (exact) mass is 404 g/mol. The van der Waals surface area contributed by atoms with Crippen molar-refractivity contribution in [1.29, 1.82) is 0 Å². The number of halogens is 3. The average molecular weight is 404 g/mol. The Hall–Kier alpha value is -1.55. The van der Waals surface area contributed by atoms with Crippen LogP contribution in [0, 0.1) is 5.92 Å². The SMILES string of the molecule is O=C(N=C1S[C@H]2CS(=O)(=O)C[C@@H]2N1c1ccc(C(F)(F)F)cc1)C1CC1. The van der Waals surface area contributed by atoms with E-state index in [0.29, 0.717) is 10.9 Å². The number of thioether (sulfide) groups is 1. The lowest BCUT2D eigenvalue weighted by atomic mass is 10.1. The topological polar surface area (TPSA) is 66.8 Å². The summed E-state index contributed by atoms with van der Waals surface area (Å²) in [5.74, 6) is -0.438. The summed E-state index contributed by atoms with van der Waals surface area (Å²) in [4.78, 5) is 17.8. The Morgan fingerprint density at radius 2 is 1.81 bits per heavy atom. The fourth-order valence-corrected chi connectivity index (χ4v) is 7.11. The number of alkyl halides is 3. The Balaban J connectivity index is 1.69. The minimum atomic E-state index is -4.45. The molecule has 10 heteroatoms. The number of hydrogen-bond donors (Lipinski definition) is 0. The molecule has 5 nitrogen and oxygen atoms in total. The summed E-state index contributed by atoms with van der Waals surface area (Å²) in [7, 11) is -3.22. The smallest absolute Gasteiger partial charge is 0.316 e. The van der Waals surface area contributed by atoms with Gasteiger partial charge in [0, 0.05) is 16.9 Å². The van der Waals surface area contributed by atoms with Gasteiger partial charge in [-0.25, -0.2) is 8.42 Å². The van der Waals surface area contributed by atoms with Crippen molar-refractivity contribution < 1.29 is 26.4 Å². The third kappa shape index (κ3) is 3.36. The zero-order valence-corrected chi connectivity index (χ0v) is 15.1. The first-order valence-corrected chi connectivity index (χ1v) is 10.8. The normalized spacial score (nSPS) is 29.2. The van der Waals surface area contributed by atoms with Crippen LogP contribution in [0.1, 0.15) is 18.4 Å². The maximum absolute atomic E-state index is 12.8. The molecule has 1 aliphatic carbocycles. The number of hydrogen-bond acceptors (Lipinski definition) is 4. The zero-order valence-electron chi connectivity index (χ0n) is 13.4. The van der Waals surface area contributed by atoms with Crippen molar-refractivity contribution in [2.24, 2.45) is 10.9 Å². The molecule has 1 aromatic rings. The van der Waals surface area contributed by atoms with Crippen LogP contribution >= 0.6 is 11.8 Å². The molecule has 0 radical (unpaired) electrons. The van der Waals surface area contributed by atoms with Crippen LogP contribution < -0.4 is 4.90 Å². The Labute approximate surface area is 152 Å². The summed E-state index contributed by atoms with van der Waals surface area (Å²) >= 11 is 1.22. The number of nitrogens with zero attached hydrogens (tertiary/aromatic N) is 2. The number of carbonyl (C=O) groups is 1. The number of aliphatic imine (C=N–C) groups is 1. The van der Waals surface area contributed by atoms with Gasteiger partial charge in [-0.3, -0.25) is 4.79 Å². The standard InChI is InChI=1S/C16H15F3N2O3S2/c17-16(18,19)10-3-5-11(6-4-10)21-12-7-26(23,24)8-13(12)25-15(21)20-14(22)9-1-2-9/h3-6,9,12-13H,1-2,7-8H2/t12-,13-/m0/s1. The first kappa shape index (κ1) is 17.8. The molecule has 0 bridgehead atoms. The number of sulfone groups is 1. The predicted octanol–water partition coefficient (Wildman–Crippen LogP) is 2.72. The van der Waals surface area contributed by atoms with Crippen molar-refractivity contribution >= 4 is 38.4 Å². The maximum atomic E-state index is 12.8. The van der Waals surface area contributed by atoms with E-state index in [-0.39, 0.29) is 28.6 Å². The van der Waals surface area contributed by atoms with Gasteiger partial charge in [-0.05, 0) is 37.1 Å². The zero-order chi connectivity index (χ0) is 18.7. The highest BCUT2D eigenvalue weighted by atomic mass is 32.2. The van der Waals surface area contributed by atoms with Gasteiger partial charge in [0.05, 0.1) is 23.1 Å². The third-order valence-corrected chi connectivity index (χ3v) is 7.88. The van der Waals surface area contributed by atoms with Crippen molar-refractivity contribution in [2.45, 2.75) is 30.3 Å². The Kier molecular flexibility index (Phi) is 4.11. The van der Waals surface area contributed by atoms with Gasteiger partial charge in [0.1, 0.15) is 0 Å². The van der Waals surface area contributed by atoms with Crippen LogP contribution in [0.4, 0.5) is 18.9 Å². The van der Waals surface area contributed by atoms with Crippen LogP contribution in [-0.2, 0) is 20.8 Å². The van der Waals surface area contributed by atoms with E-state index in [1.54, 1.807) is 4.90 Å². The predicted molar refractivity (Wildman–Crippen MR) is 92.9 cm³/mol. The Morgan fingerprint density at radius 3 is 2.38 bits per heavy atom. The highest BCUT2D eigenvalue weighted by Gasteiger charge is 2.49. The number of benzene rings is 1. The number of amides is 1. The largest absolute Gasteiger partial charge is 0.416 e. The summed E-state index contributed by atoms with van der Waals surface area (Å²) in [6.45, 7) is 0. The van der Waals surface area contributed by atoms with Crippen molar-refractivity contribution in [3.8, 4) is 0 Å². The molecule has 0 spiro atoms. The Morgan fingerprint density at radius 1 is 1.15 bits per heavy atom. The second kappa shape index (κ2) is 5.98.